The van der Waals surface area contributed by atoms with Gasteiger partial charge in [-0.2, -0.15) is 0 Å². The van der Waals surface area contributed by atoms with Crippen LogP contribution in [0.1, 0.15) is 95.6 Å². The van der Waals surface area contributed by atoms with Crippen molar-refractivity contribution in [2.75, 3.05) is 0 Å². The zero-order valence-corrected chi connectivity index (χ0v) is 19.4. The van der Waals surface area contributed by atoms with Crippen molar-refractivity contribution in [3.8, 4) is 0 Å². The van der Waals surface area contributed by atoms with Crippen LogP contribution in [-0.2, 0) is 16.4 Å². The Kier molecular flexibility index (Phi) is 9.90. The number of benzene rings is 1. The molecule has 0 N–H and O–H groups in total. The fraction of sp³-hybridized carbons (Fsp3) is 0.630. The summed E-state index contributed by atoms with van der Waals surface area (Å²) in [5.41, 5.74) is 6.11. The third kappa shape index (κ3) is 8.34. The van der Waals surface area contributed by atoms with Gasteiger partial charge >= 0.3 is 0 Å². The Morgan fingerprint density at radius 1 is 0.931 bits per heavy atom. The Bertz CT molecular complexity index is 658. The number of rotatable bonds is 11. The summed E-state index contributed by atoms with van der Waals surface area (Å²) < 4.78 is 6.09. The Hall–Kier alpha value is -0.990. The average Bonchev–Trinajstić information content (AvgIpc) is 2.76. The largest absolute Gasteiger partial charge is 0.311 e. The van der Waals surface area contributed by atoms with Crippen molar-refractivity contribution in [1.82, 2.24) is 0 Å². The van der Waals surface area contributed by atoms with Gasteiger partial charge in [0.2, 0.25) is 0 Å². The van der Waals surface area contributed by atoms with Crippen LogP contribution in [-0.4, -0.2) is 6.10 Å². The summed E-state index contributed by atoms with van der Waals surface area (Å²) in [7, 11) is 0. The molecule has 0 spiro atoms. The highest BCUT2D eigenvalue weighted by Crippen LogP contribution is 2.29. The minimum absolute atomic E-state index is 0.405. The third-order valence-electron chi connectivity index (χ3n) is 6.60. The molecule has 0 aliphatic heterocycles. The normalized spacial score (nSPS) is 22.3. The minimum atomic E-state index is 0.405. The van der Waals surface area contributed by atoms with E-state index in [9.17, 15) is 0 Å². The van der Waals surface area contributed by atoms with Crippen molar-refractivity contribution >= 4 is 12.0 Å². The first-order valence-corrected chi connectivity index (χ1v) is 12.8. The molecule has 3 rings (SSSR count). The van der Waals surface area contributed by atoms with Gasteiger partial charge in [0.05, 0.1) is 6.10 Å². The molecular weight excluding hydrogens is 372 g/mol. The van der Waals surface area contributed by atoms with E-state index in [2.05, 4.69) is 50.3 Å². The Balaban J connectivity index is 1.30. The number of allylic oxidation sites excluding steroid dienone is 3. The highest BCUT2D eigenvalue weighted by atomic mass is 32.2. The van der Waals surface area contributed by atoms with Crippen LogP contribution in [0.15, 0.2) is 47.6 Å². The van der Waals surface area contributed by atoms with Gasteiger partial charge in [-0.25, -0.2) is 0 Å². The van der Waals surface area contributed by atoms with Gasteiger partial charge in [0.1, 0.15) is 0 Å². The molecule has 1 aromatic rings. The molecule has 2 aliphatic carbocycles. The van der Waals surface area contributed by atoms with Gasteiger partial charge < -0.3 is 4.18 Å². The van der Waals surface area contributed by atoms with E-state index < -0.39 is 0 Å². The Labute approximate surface area is 183 Å². The zero-order valence-electron chi connectivity index (χ0n) is 18.6. The number of hydrogen-bond donors (Lipinski definition) is 0. The summed E-state index contributed by atoms with van der Waals surface area (Å²) in [6, 6.07) is 9.24. The van der Waals surface area contributed by atoms with E-state index in [0.29, 0.717) is 6.10 Å². The molecule has 2 heteroatoms. The maximum atomic E-state index is 6.09. The molecule has 0 saturated carbocycles. The molecular formula is C27H40OS. The van der Waals surface area contributed by atoms with Crippen molar-refractivity contribution < 1.29 is 4.18 Å². The lowest BCUT2D eigenvalue weighted by atomic mass is 9.86. The van der Waals surface area contributed by atoms with E-state index in [-0.39, 0.29) is 0 Å². The van der Waals surface area contributed by atoms with Crippen LogP contribution in [0.5, 0.6) is 0 Å². The van der Waals surface area contributed by atoms with Crippen LogP contribution < -0.4 is 0 Å². The fourth-order valence-electron chi connectivity index (χ4n) is 4.43. The van der Waals surface area contributed by atoms with Gasteiger partial charge in [-0.3, -0.25) is 0 Å². The highest BCUT2D eigenvalue weighted by molar-refractivity contribution is 7.93. The molecule has 0 fully saturated rings. The first-order valence-electron chi connectivity index (χ1n) is 11.9. The molecule has 2 unspecified atom stereocenters. The number of aryl methyl sites for hydroxylation is 1. The Morgan fingerprint density at radius 2 is 1.76 bits per heavy atom. The maximum absolute atomic E-state index is 6.09. The summed E-state index contributed by atoms with van der Waals surface area (Å²) in [6.07, 6.45) is 20.7. The monoisotopic (exact) mass is 412 g/mol. The molecule has 1 aromatic carbocycles. The zero-order chi connectivity index (χ0) is 20.3. The molecule has 160 valence electrons. The van der Waals surface area contributed by atoms with Gasteiger partial charge in [0.25, 0.3) is 0 Å². The van der Waals surface area contributed by atoms with E-state index in [0.717, 1.165) is 18.1 Å². The number of unbranched alkanes of at least 4 members (excludes halogenated alkanes) is 2. The van der Waals surface area contributed by atoms with Crippen LogP contribution in [0, 0.1) is 5.92 Å². The smallest absolute Gasteiger partial charge is 0.0760 e. The van der Waals surface area contributed by atoms with E-state index >= 15 is 0 Å². The lowest BCUT2D eigenvalue weighted by Gasteiger charge is -2.21. The molecule has 0 saturated heterocycles. The van der Waals surface area contributed by atoms with E-state index in [1.807, 2.05) is 0 Å². The molecule has 0 heterocycles. The summed E-state index contributed by atoms with van der Waals surface area (Å²) in [5.74, 6) is 1.84. The molecule has 2 aliphatic rings. The molecule has 0 radical (unpaired) electrons. The van der Waals surface area contributed by atoms with Gasteiger partial charge in [0.15, 0.2) is 0 Å². The van der Waals surface area contributed by atoms with E-state index in [1.54, 1.807) is 23.2 Å². The van der Waals surface area contributed by atoms with Crippen molar-refractivity contribution in [2.45, 2.75) is 103 Å². The van der Waals surface area contributed by atoms with Crippen LogP contribution in [0.2, 0.25) is 0 Å². The first-order chi connectivity index (χ1) is 14.2. The van der Waals surface area contributed by atoms with Crippen molar-refractivity contribution in [3.05, 3.63) is 58.7 Å². The van der Waals surface area contributed by atoms with Gasteiger partial charge in [-0.05, 0) is 100 Å². The van der Waals surface area contributed by atoms with Crippen LogP contribution in [0.4, 0.5) is 0 Å². The summed E-state index contributed by atoms with van der Waals surface area (Å²) in [5, 5.41) is 0. The Morgan fingerprint density at radius 3 is 2.45 bits per heavy atom. The van der Waals surface area contributed by atoms with E-state index in [4.69, 9.17) is 4.18 Å². The number of hydrogen-bond acceptors (Lipinski definition) is 2. The maximum Gasteiger partial charge on any atom is 0.0760 e. The highest BCUT2D eigenvalue weighted by Gasteiger charge is 2.15. The van der Waals surface area contributed by atoms with Crippen LogP contribution in [0.25, 0.3) is 0 Å². The molecule has 1 nitrogen and oxygen atoms in total. The summed E-state index contributed by atoms with van der Waals surface area (Å²) >= 11 is 1.64. The molecule has 2 atom stereocenters. The molecule has 0 amide bonds. The second-order valence-electron chi connectivity index (χ2n) is 9.12. The standard InChI is InChI=1S/C27H40OS/c1-3-4-5-6-23-17-19-27(20-18-23)28-29-21-26-15-13-25(14-16-26)12-11-24-9-7-22(2)8-10-24/h7,13-17,24,27H,3-6,8-12,18-21H2,1-2H3. The van der Waals surface area contributed by atoms with Crippen LogP contribution in [0.3, 0.4) is 0 Å². The average molecular weight is 413 g/mol. The predicted octanol–water partition coefficient (Wildman–Crippen LogP) is 8.59. The van der Waals surface area contributed by atoms with Crippen LogP contribution >= 0.6 is 12.0 Å². The quantitative estimate of drug-likeness (QED) is 0.204. The lowest BCUT2D eigenvalue weighted by Crippen LogP contribution is -2.13. The van der Waals surface area contributed by atoms with Gasteiger partial charge in [0, 0.05) is 5.75 Å². The summed E-state index contributed by atoms with van der Waals surface area (Å²) in [6.45, 7) is 4.55. The van der Waals surface area contributed by atoms with Crippen molar-refractivity contribution in [2.24, 2.45) is 5.92 Å². The van der Waals surface area contributed by atoms with Gasteiger partial charge in [-0.1, -0.05) is 67.3 Å². The van der Waals surface area contributed by atoms with Crippen molar-refractivity contribution in [3.63, 3.8) is 0 Å². The molecule has 29 heavy (non-hydrogen) atoms. The molecule has 0 aromatic heterocycles. The van der Waals surface area contributed by atoms with Gasteiger partial charge in [-0.15, -0.1) is 0 Å². The second kappa shape index (κ2) is 12.6. The molecule has 0 bridgehead atoms. The predicted molar refractivity (Wildman–Crippen MR) is 128 cm³/mol. The second-order valence-corrected chi connectivity index (χ2v) is 9.84. The van der Waals surface area contributed by atoms with Crippen molar-refractivity contribution in [1.29, 1.82) is 0 Å². The van der Waals surface area contributed by atoms with E-state index in [1.165, 1.54) is 81.8 Å². The summed E-state index contributed by atoms with van der Waals surface area (Å²) in [4.78, 5) is 0. The lowest BCUT2D eigenvalue weighted by molar-refractivity contribution is 0.224. The topological polar surface area (TPSA) is 9.23 Å². The SMILES string of the molecule is CCCCCC1=CCC(OSCc2ccc(CCC3CC=C(C)CC3)cc2)CC1. The third-order valence-corrected chi connectivity index (χ3v) is 7.46. The fourth-order valence-corrected chi connectivity index (χ4v) is 5.20. The first kappa shape index (κ1) is 22.7. The minimum Gasteiger partial charge on any atom is -0.311 e.